The molecule has 0 aromatic heterocycles. The summed E-state index contributed by atoms with van der Waals surface area (Å²) in [5.41, 5.74) is 23.7. The van der Waals surface area contributed by atoms with Crippen molar-refractivity contribution < 1.29 is 49.1 Å². The molecule has 0 fully saturated rings. The van der Waals surface area contributed by atoms with Crippen LogP contribution in [-0.4, -0.2) is 47.0 Å². The van der Waals surface area contributed by atoms with Gasteiger partial charge in [0.25, 0.3) is 0 Å². The molecular weight excluding hydrogens is 751 g/mol. The predicted molar refractivity (Wildman–Crippen MR) is 230 cm³/mol. The van der Waals surface area contributed by atoms with Crippen LogP contribution in [-0.2, 0) is 48.5 Å². The zero-order valence-electron chi connectivity index (χ0n) is 32.7. The van der Waals surface area contributed by atoms with Gasteiger partial charge < -0.3 is 66.3 Å². The van der Waals surface area contributed by atoms with Gasteiger partial charge in [0.15, 0.2) is 0 Å². The van der Waals surface area contributed by atoms with Crippen LogP contribution >= 0.6 is 0 Å². The molecule has 0 saturated carbocycles. The smallest absolute Gasteiger partial charge is 0.457 e. The second kappa shape index (κ2) is 21.5. The number of nitrogens with two attached hydrogens (primary N) is 3. The minimum atomic E-state index is -1.54. The highest BCUT2D eigenvalue weighted by Gasteiger charge is 2.30. The molecule has 1 aliphatic rings. The Morgan fingerprint density at radius 1 is 0.576 bits per heavy atom. The molecule has 6 aromatic rings. The van der Waals surface area contributed by atoms with E-state index in [2.05, 4.69) is 0 Å². The van der Waals surface area contributed by atoms with E-state index in [9.17, 15) is 20.2 Å². The van der Waals surface area contributed by atoms with Gasteiger partial charge >= 0.3 is 21.4 Å². The van der Waals surface area contributed by atoms with Crippen LogP contribution < -0.4 is 47.8 Å². The minimum absolute atomic E-state index is 0. The largest absolute Gasteiger partial charge is 0.491 e. The predicted octanol–water partition coefficient (Wildman–Crippen LogP) is 2.67. The van der Waals surface area contributed by atoms with Crippen molar-refractivity contribution in [2.45, 2.75) is 46.2 Å². The first-order chi connectivity index (χ1) is 28.2. The lowest BCUT2D eigenvalue weighted by Gasteiger charge is -2.18. The number of hydrogen-bond acceptors (Lipinski definition) is 12. The molecule has 0 bridgehead atoms. The lowest BCUT2D eigenvalue weighted by atomic mass is 9.68. The number of rotatable bonds is 15. The Bertz CT molecular complexity index is 2150. The van der Waals surface area contributed by atoms with E-state index in [1.165, 1.54) is 0 Å². The summed E-state index contributed by atoms with van der Waals surface area (Å²) in [5.74, 6) is 3.58. The fourth-order valence-corrected chi connectivity index (χ4v) is 6.21. The molecule has 7 rings (SSSR count). The van der Waals surface area contributed by atoms with Crippen molar-refractivity contribution in [2.24, 2.45) is 17.2 Å². The maximum atomic E-state index is 11.0. The fraction of sp³-hybridized carbons (Fsp3) is 0.163. The number of aliphatic hydroxyl groups excluding tert-OH is 1. The molecule has 1 heterocycles. The highest BCUT2D eigenvalue weighted by molar-refractivity contribution is 6.73. The van der Waals surface area contributed by atoms with E-state index in [0.29, 0.717) is 72.4 Å². The number of hydrogen-bond donors (Lipinski definition) is 7. The maximum Gasteiger partial charge on any atom is 0.491 e. The van der Waals surface area contributed by atoms with Crippen LogP contribution in [0.2, 0.25) is 0 Å². The van der Waals surface area contributed by atoms with Gasteiger partial charge in [-0.1, -0.05) is 61.5 Å². The molecule has 0 aliphatic carbocycles. The van der Waals surface area contributed by atoms with Crippen molar-refractivity contribution in [3.8, 4) is 34.5 Å². The molecule has 0 saturated heterocycles. The first kappa shape index (κ1) is 44.6. The maximum absolute atomic E-state index is 11.0. The van der Waals surface area contributed by atoms with Gasteiger partial charge in [0.1, 0.15) is 34.5 Å². The van der Waals surface area contributed by atoms with Crippen LogP contribution in [0.5, 0.6) is 34.5 Å². The van der Waals surface area contributed by atoms with E-state index >= 15 is 0 Å². The van der Waals surface area contributed by atoms with E-state index < -0.39 is 21.4 Å². The Morgan fingerprint density at radius 3 is 1.39 bits per heavy atom. The van der Waals surface area contributed by atoms with E-state index in [4.69, 9.17) is 40.6 Å². The number of benzene rings is 6. The second-order valence-corrected chi connectivity index (χ2v) is 13.4. The van der Waals surface area contributed by atoms with Crippen molar-refractivity contribution in [1.82, 2.24) is 0 Å². The van der Waals surface area contributed by atoms with Gasteiger partial charge in [-0.25, -0.2) is 0 Å². The summed E-state index contributed by atoms with van der Waals surface area (Å²) in [6, 6.07) is 38.2. The fourth-order valence-electron chi connectivity index (χ4n) is 6.21. The number of fused-ring (bicyclic) bond motifs is 1. The van der Waals surface area contributed by atoms with E-state index in [0.717, 1.165) is 39.0 Å². The quantitative estimate of drug-likeness (QED) is 0.0743. The van der Waals surface area contributed by atoms with Crippen LogP contribution in [0.25, 0.3) is 0 Å². The topological polar surface area (TPSA) is 237 Å². The highest BCUT2D eigenvalue weighted by Crippen LogP contribution is 2.25. The Hall–Kier alpha value is -5.49. The van der Waals surface area contributed by atoms with Gasteiger partial charge in [0.2, 0.25) is 0 Å². The third kappa shape index (κ3) is 11.8. The molecule has 12 N–H and O–H groups in total. The second-order valence-electron chi connectivity index (χ2n) is 13.4. The standard InChI is InChI=1S/C29H32B2N2O6.C14H14BNO3.H2O/c1-2-22-7-13-26(37-24-9-3-20(17-32)4-10-24)15-28(22)30(35)39-31(36)29-16-27(14-8-23(29)19-34)38-25-11-5-21(18-33)6-12-25;16-8-10-1-4-12(5-2-10)19-13-6-3-11-9-18-15(17)14(11)7-13;/h3-16,34-36H,2,17-19,32-33H2,1H3;1-7,17H,8-9,16H2;1H2. The molecule has 304 valence electrons. The number of ether oxygens (including phenoxy) is 3. The summed E-state index contributed by atoms with van der Waals surface area (Å²) in [7, 11) is -3.85. The Labute approximate surface area is 344 Å². The molecule has 0 amide bonds. The summed E-state index contributed by atoms with van der Waals surface area (Å²) in [5, 5.41) is 41.4. The minimum Gasteiger partial charge on any atom is -0.457 e. The van der Waals surface area contributed by atoms with Gasteiger partial charge in [-0.3, -0.25) is 0 Å². The molecule has 6 aromatic carbocycles. The van der Waals surface area contributed by atoms with Crippen molar-refractivity contribution in [3.63, 3.8) is 0 Å². The zero-order chi connectivity index (χ0) is 41.0. The summed E-state index contributed by atoms with van der Waals surface area (Å²) in [4.78, 5) is 0. The molecule has 0 unspecified atom stereocenters. The molecule has 13 nitrogen and oxygen atoms in total. The Kier molecular flexibility index (Phi) is 16.3. The molecular formula is C43H48B3N3O10. The number of aliphatic hydroxyl groups is 1. The lowest BCUT2D eigenvalue weighted by molar-refractivity contribution is 0.275. The van der Waals surface area contributed by atoms with Gasteiger partial charge in [0, 0.05) is 19.6 Å². The van der Waals surface area contributed by atoms with Crippen LogP contribution in [0.3, 0.4) is 0 Å². The summed E-state index contributed by atoms with van der Waals surface area (Å²) in [6.07, 6.45) is 0.630. The summed E-state index contributed by atoms with van der Waals surface area (Å²) in [6.45, 7) is 3.46. The average molecular weight is 799 g/mol. The lowest BCUT2D eigenvalue weighted by Crippen LogP contribution is -2.47. The normalized spacial score (nSPS) is 11.5. The average Bonchev–Trinajstić information content (AvgIpc) is 3.63. The monoisotopic (exact) mass is 799 g/mol. The first-order valence-corrected chi connectivity index (χ1v) is 18.9. The molecule has 0 atom stereocenters. The van der Waals surface area contributed by atoms with E-state index in [1.54, 1.807) is 36.4 Å². The molecule has 1 aliphatic heterocycles. The van der Waals surface area contributed by atoms with Crippen molar-refractivity contribution in [3.05, 3.63) is 161 Å². The van der Waals surface area contributed by atoms with Crippen molar-refractivity contribution in [2.75, 3.05) is 0 Å². The van der Waals surface area contributed by atoms with E-state index in [1.807, 2.05) is 97.9 Å². The van der Waals surface area contributed by atoms with Crippen LogP contribution in [0.1, 0.15) is 40.3 Å². The zero-order valence-corrected chi connectivity index (χ0v) is 32.7. The van der Waals surface area contributed by atoms with Crippen LogP contribution in [0, 0.1) is 0 Å². The van der Waals surface area contributed by atoms with Gasteiger partial charge in [-0.2, -0.15) is 0 Å². The van der Waals surface area contributed by atoms with Gasteiger partial charge in [0.05, 0.1) is 13.2 Å². The third-order valence-electron chi connectivity index (χ3n) is 9.54. The molecule has 0 radical (unpaired) electrons. The third-order valence-corrected chi connectivity index (χ3v) is 9.54. The molecule has 59 heavy (non-hydrogen) atoms. The van der Waals surface area contributed by atoms with Crippen molar-refractivity contribution >= 4 is 37.7 Å². The summed E-state index contributed by atoms with van der Waals surface area (Å²) >= 11 is 0. The van der Waals surface area contributed by atoms with E-state index in [-0.39, 0.29) is 17.5 Å². The molecule has 0 spiro atoms. The highest BCUT2D eigenvalue weighted by atomic mass is 16.5. The Morgan fingerprint density at radius 2 is 0.966 bits per heavy atom. The van der Waals surface area contributed by atoms with Crippen LogP contribution in [0.4, 0.5) is 0 Å². The Balaban J connectivity index is 0.000000276. The van der Waals surface area contributed by atoms with Gasteiger partial charge in [-0.15, -0.1) is 0 Å². The van der Waals surface area contributed by atoms with Crippen LogP contribution in [0.15, 0.2) is 127 Å². The summed E-state index contributed by atoms with van der Waals surface area (Å²) < 4.78 is 28.4. The molecule has 16 heteroatoms. The van der Waals surface area contributed by atoms with Crippen molar-refractivity contribution in [1.29, 1.82) is 0 Å². The SMILES string of the molecule is CCc1ccc(Oc2ccc(CN)cc2)cc1B(O)OB(O)c1cc(Oc2ccc(CN)cc2)ccc1CO.NCc1ccc(Oc2ccc3c(c2)B(O)OC3)cc1.O. The van der Waals surface area contributed by atoms with Gasteiger partial charge in [-0.05, 0) is 129 Å². The first-order valence-electron chi connectivity index (χ1n) is 18.9. The number of aryl methyl sites for hydroxylation is 1.